The average molecular weight is 417 g/mol. The van der Waals surface area contributed by atoms with Crippen LogP contribution in [0.3, 0.4) is 0 Å². The van der Waals surface area contributed by atoms with Gasteiger partial charge in [-0.25, -0.2) is 0 Å². The Hall–Kier alpha value is -1.66. The fourth-order valence-electron chi connectivity index (χ4n) is 3.64. The number of rotatable bonds is 7. The fraction of sp³-hybridized carbons (Fsp3) is 0.500. The van der Waals surface area contributed by atoms with E-state index in [0.717, 1.165) is 24.8 Å². The molecule has 150 valence electrons. The molecule has 4 nitrogen and oxygen atoms in total. The average Bonchev–Trinajstić information content (AvgIpc) is 2.96. The predicted octanol–water partition coefficient (Wildman–Crippen LogP) is 4.68. The second-order valence-corrected chi connectivity index (χ2v) is 9.11. The molecule has 1 aliphatic carbocycles. The number of thioether (sulfide) groups is 1. The van der Waals surface area contributed by atoms with Gasteiger partial charge >= 0.3 is 0 Å². The molecule has 1 heterocycles. The molecule has 0 aromatic heterocycles. The van der Waals surface area contributed by atoms with Crippen molar-refractivity contribution in [2.75, 3.05) is 6.54 Å². The Kier molecular flexibility index (Phi) is 7.68. The molecule has 1 saturated heterocycles. The summed E-state index contributed by atoms with van der Waals surface area (Å²) >= 11 is 6.73. The Bertz CT molecular complexity index is 752. The maximum absolute atomic E-state index is 12.7. The molecule has 6 heteroatoms. The predicted molar refractivity (Wildman–Crippen MR) is 120 cm³/mol. The lowest BCUT2D eigenvalue weighted by Crippen LogP contribution is -2.36. The lowest BCUT2D eigenvalue weighted by Gasteiger charge is -2.23. The van der Waals surface area contributed by atoms with Gasteiger partial charge in [0.25, 0.3) is 5.91 Å². The number of carbonyl (C=O) groups excluding carboxylic acids is 2. The highest BCUT2D eigenvalue weighted by Crippen LogP contribution is 2.32. The molecular weight excluding hydrogens is 388 g/mol. The Morgan fingerprint density at radius 2 is 1.96 bits per heavy atom. The van der Waals surface area contributed by atoms with Gasteiger partial charge in [-0.1, -0.05) is 74.4 Å². The van der Waals surface area contributed by atoms with Crippen molar-refractivity contribution in [3.8, 4) is 0 Å². The van der Waals surface area contributed by atoms with E-state index in [0.29, 0.717) is 34.7 Å². The van der Waals surface area contributed by atoms with E-state index in [1.807, 2.05) is 18.2 Å². The van der Waals surface area contributed by atoms with Gasteiger partial charge in [-0.2, -0.15) is 0 Å². The molecule has 1 aromatic carbocycles. The number of aryl methyl sites for hydroxylation is 1. The lowest BCUT2D eigenvalue weighted by atomic mass is 9.95. The summed E-state index contributed by atoms with van der Waals surface area (Å²) in [5.74, 6) is 0.0335. The van der Waals surface area contributed by atoms with Crippen molar-refractivity contribution in [2.24, 2.45) is 0 Å². The number of carbonyl (C=O) groups is 2. The molecule has 1 N–H and O–H groups in total. The summed E-state index contributed by atoms with van der Waals surface area (Å²) in [6, 6.07) is 8.55. The van der Waals surface area contributed by atoms with E-state index in [1.165, 1.54) is 36.6 Å². The summed E-state index contributed by atoms with van der Waals surface area (Å²) in [6.45, 7) is 2.62. The summed E-state index contributed by atoms with van der Waals surface area (Å²) in [7, 11) is 0. The van der Waals surface area contributed by atoms with E-state index >= 15 is 0 Å². The summed E-state index contributed by atoms with van der Waals surface area (Å²) in [5, 5.41) is 3.13. The topological polar surface area (TPSA) is 49.4 Å². The molecule has 0 radical (unpaired) electrons. The molecule has 0 atom stereocenters. The lowest BCUT2D eigenvalue weighted by molar-refractivity contribution is -0.124. The molecule has 1 aliphatic heterocycles. The number of nitrogens with one attached hydrogen (secondary N) is 1. The molecule has 2 fully saturated rings. The first-order chi connectivity index (χ1) is 13.6. The van der Waals surface area contributed by atoms with Gasteiger partial charge in [-0.3, -0.25) is 14.5 Å². The van der Waals surface area contributed by atoms with E-state index in [1.54, 1.807) is 4.90 Å². The molecule has 2 amide bonds. The molecule has 28 heavy (non-hydrogen) atoms. The number of thiocarbonyl (C=S) groups is 1. The van der Waals surface area contributed by atoms with Crippen LogP contribution in [0.1, 0.15) is 63.0 Å². The van der Waals surface area contributed by atoms with Crippen LogP contribution in [0.5, 0.6) is 0 Å². The van der Waals surface area contributed by atoms with Gasteiger partial charge in [0.05, 0.1) is 4.91 Å². The largest absolute Gasteiger partial charge is 0.353 e. The Labute approximate surface area is 177 Å². The van der Waals surface area contributed by atoms with Crippen LogP contribution in [0.2, 0.25) is 0 Å². The van der Waals surface area contributed by atoms with E-state index in [9.17, 15) is 9.59 Å². The van der Waals surface area contributed by atoms with E-state index in [-0.39, 0.29) is 11.8 Å². The third-order valence-corrected chi connectivity index (χ3v) is 6.69. The second-order valence-electron chi connectivity index (χ2n) is 7.43. The van der Waals surface area contributed by atoms with Crippen LogP contribution in [0, 0.1) is 0 Å². The molecule has 2 aliphatic rings. The molecule has 0 bridgehead atoms. The molecule has 1 saturated carbocycles. The van der Waals surface area contributed by atoms with E-state index in [4.69, 9.17) is 12.2 Å². The third-order valence-electron chi connectivity index (χ3n) is 5.32. The number of amides is 2. The quantitative estimate of drug-likeness (QED) is 0.518. The highest BCUT2D eigenvalue weighted by Gasteiger charge is 2.31. The van der Waals surface area contributed by atoms with Gasteiger partial charge in [0.1, 0.15) is 4.32 Å². The molecule has 0 unspecified atom stereocenters. The Morgan fingerprint density at radius 1 is 1.25 bits per heavy atom. The van der Waals surface area contributed by atoms with Crippen LogP contribution in [0.4, 0.5) is 0 Å². The molecular formula is C22H28N2O2S2. The minimum Gasteiger partial charge on any atom is -0.353 e. The second kappa shape index (κ2) is 10.2. The highest BCUT2D eigenvalue weighted by atomic mass is 32.2. The molecule has 0 spiro atoms. The van der Waals surface area contributed by atoms with Crippen molar-refractivity contribution in [1.82, 2.24) is 10.2 Å². The zero-order valence-electron chi connectivity index (χ0n) is 16.4. The summed E-state index contributed by atoms with van der Waals surface area (Å²) < 4.78 is 0.578. The van der Waals surface area contributed by atoms with Gasteiger partial charge in [-0.15, -0.1) is 0 Å². The van der Waals surface area contributed by atoms with Crippen LogP contribution >= 0.6 is 24.0 Å². The fourth-order valence-corrected chi connectivity index (χ4v) is 4.95. The number of hydrogen-bond donors (Lipinski definition) is 1. The minimum absolute atomic E-state index is 0.0535. The maximum atomic E-state index is 12.7. The standard InChI is InChI=1S/C22H28N2O2S2/c1-2-16-10-12-17(13-11-16)15-19-21(26)24(22(27)28-19)14-6-9-20(25)23-18-7-4-3-5-8-18/h10-13,15,18H,2-9,14H2,1H3,(H,23,25). The van der Waals surface area contributed by atoms with Crippen LogP contribution in [-0.4, -0.2) is 33.6 Å². The van der Waals surface area contributed by atoms with Gasteiger partial charge in [-0.05, 0) is 42.9 Å². The summed E-state index contributed by atoms with van der Waals surface area (Å²) in [5.41, 5.74) is 2.28. The number of nitrogens with zero attached hydrogens (tertiary/aromatic N) is 1. The highest BCUT2D eigenvalue weighted by molar-refractivity contribution is 8.26. The smallest absolute Gasteiger partial charge is 0.266 e. The molecule has 3 rings (SSSR count). The summed E-state index contributed by atoms with van der Waals surface area (Å²) in [6.07, 6.45) is 9.82. The van der Waals surface area contributed by atoms with Crippen LogP contribution in [0.25, 0.3) is 6.08 Å². The van der Waals surface area contributed by atoms with Crippen LogP contribution in [-0.2, 0) is 16.0 Å². The normalized spacial score (nSPS) is 19.5. The van der Waals surface area contributed by atoms with Crippen LogP contribution < -0.4 is 5.32 Å². The number of benzene rings is 1. The van der Waals surface area contributed by atoms with E-state index in [2.05, 4.69) is 24.4 Å². The van der Waals surface area contributed by atoms with Crippen molar-refractivity contribution < 1.29 is 9.59 Å². The van der Waals surface area contributed by atoms with Crippen molar-refractivity contribution in [3.63, 3.8) is 0 Å². The van der Waals surface area contributed by atoms with Gasteiger partial charge in [0.2, 0.25) is 5.91 Å². The van der Waals surface area contributed by atoms with Crippen molar-refractivity contribution in [2.45, 2.75) is 64.3 Å². The van der Waals surface area contributed by atoms with Crippen LogP contribution in [0.15, 0.2) is 29.2 Å². The van der Waals surface area contributed by atoms with Gasteiger partial charge < -0.3 is 5.32 Å². The maximum Gasteiger partial charge on any atom is 0.266 e. The monoisotopic (exact) mass is 416 g/mol. The van der Waals surface area contributed by atoms with Gasteiger partial charge in [0.15, 0.2) is 0 Å². The summed E-state index contributed by atoms with van der Waals surface area (Å²) in [4.78, 5) is 27.1. The number of hydrogen-bond acceptors (Lipinski definition) is 4. The first-order valence-corrected chi connectivity index (χ1v) is 11.4. The van der Waals surface area contributed by atoms with Gasteiger partial charge in [0, 0.05) is 19.0 Å². The first kappa shape index (κ1) is 21.1. The zero-order chi connectivity index (χ0) is 19.9. The first-order valence-electron chi connectivity index (χ1n) is 10.2. The van der Waals surface area contributed by atoms with E-state index < -0.39 is 0 Å². The van der Waals surface area contributed by atoms with Crippen molar-refractivity contribution >= 4 is 46.2 Å². The van der Waals surface area contributed by atoms with Crippen molar-refractivity contribution in [1.29, 1.82) is 0 Å². The Morgan fingerprint density at radius 3 is 2.64 bits per heavy atom. The SMILES string of the molecule is CCc1ccc(C=C2SC(=S)N(CCCC(=O)NC3CCCCC3)C2=O)cc1. The third kappa shape index (κ3) is 5.67. The minimum atomic E-state index is -0.0535. The Balaban J connectivity index is 1.49. The van der Waals surface area contributed by atoms with Crippen molar-refractivity contribution in [3.05, 3.63) is 40.3 Å². The zero-order valence-corrected chi connectivity index (χ0v) is 18.0. The molecule has 1 aromatic rings.